The predicted molar refractivity (Wildman–Crippen MR) is 318 cm³/mol. The summed E-state index contributed by atoms with van der Waals surface area (Å²) < 4.78 is 47.0. The van der Waals surface area contributed by atoms with Gasteiger partial charge < -0.3 is 73.9 Å². The Morgan fingerprint density at radius 1 is 0.432 bits per heavy atom. The number of carbonyl (C=O) groups is 3. The number of methoxy groups -OCH3 is 3. The molecule has 0 unspecified atom stereocenters. The van der Waals surface area contributed by atoms with Gasteiger partial charge in [0.05, 0.1) is 116 Å². The van der Waals surface area contributed by atoms with Crippen LogP contribution >= 0.6 is 35.3 Å². The third-order valence-electron chi connectivity index (χ3n) is 12.3. The van der Waals surface area contributed by atoms with Gasteiger partial charge in [-0.15, -0.1) is 35.3 Å². The van der Waals surface area contributed by atoms with E-state index < -0.39 is 16.6 Å². The maximum absolute atomic E-state index is 11.8. The lowest BCUT2D eigenvalue weighted by Gasteiger charge is -2.14. The molecule has 27 heteroatoms. The van der Waals surface area contributed by atoms with Gasteiger partial charge >= 0.3 is 0 Å². The Hall–Kier alpha value is -5.04. The lowest BCUT2D eigenvalue weighted by Crippen LogP contribution is -2.31. The van der Waals surface area contributed by atoms with Gasteiger partial charge in [0, 0.05) is 76.8 Å². The zero-order valence-electron chi connectivity index (χ0n) is 48.0. The minimum Gasteiger partial charge on any atom is -0.504 e. The molecule has 0 fully saturated rings. The van der Waals surface area contributed by atoms with Crippen molar-refractivity contribution >= 4 is 84.8 Å². The molecule has 3 aliphatic heterocycles. The van der Waals surface area contributed by atoms with Crippen molar-refractivity contribution in [2.75, 3.05) is 173 Å². The molecule has 6 heterocycles. The van der Waals surface area contributed by atoms with Crippen molar-refractivity contribution in [3.63, 3.8) is 0 Å². The van der Waals surface area contributed by atoms with Gasteiger partial charge in [-0.05, 0) is 59.7 Å². The summed E-state index contributed by atoms with van der Waals surface area (Å²) >= 11 is 4.28. The molecule has 0 bridgehead atoms. The first-order valence-electron chi connectivity index (χ1n) is 26.3. The number of aromatic nitrogens is 3. The molecular formula is C54H81N9O15S3. The van der Waals surface area contributed by atoms with Gasteiger partial charge in [0.1, 0.15) is 48.8 Å². The Kier molecular flexibility index (Phi) is 30.9. The van der Waals surface area contributed by atoms with Crippen molar-refractivity contribution in [3.8, 4) is 17.2 Å². The molecule has 81 heavy (non-hydrogen) atoms. The number of anilines is 3. The Balaban J connectivity index is 0.000000261. The van der Waals surface area contributed by atoms with E-state index in [0.29, 0.717) is 185 Å². The van der Waals surface area contributed by atoms with Crippen LogP contribution in [0.15, 0.2) is 51.8 Å². The summed E-state index contributed by atoms with van der Waals surface area (Å²) in [6, 6.07) is 5.07. The van der Waals surface area contributed by atoms with E-state index in [1.54, 1.807) is 78.9 Å². The van der Waals surface area contributed by atoms with Gasteiger partial charge in [0.2, 0.25) is 0 Å². The molecule has 6 N–H and O–H groups in total. The van der Waals surface area contributed by atoms with Crippen LogP contribution in [0.5, 0.6) is 17.2 Å². The SMILES string of the molecule is COCCOCCOCCNc1ccnc(C2=N[C@@](C)(C(C)=O)CS2)c1O.COCCOCCOCCNc1ccnc(C2=N[C@@](C)(C(C)=O)CS2)c1O.COCCOCCOCCNc1ccnc(C2=N[C@@](C)(C(C)=O)CS2)c1O. The molecule has 3 aliphatic rings. The summed E-state index contributed by atoms with van der Waals surface area (Å²) in [5, 5.41) is 42.6. The molecule has 3 atom stereocenters. The first kappa shape index (κ1) is 68.5. The molecule has 0 spiro atoms. The van der Waals surface area contributed by atoms with E-state index >= 15 is 0 Å². The summed E-state index contributed by atoms with van der Waals surface area (Å²) in [4.78, 5) is 61.4. The number of ether oxygens (including phenoxy) is 9. The summed E-state index contributed by atoms with van der Waals surface area (Å²) in [6.45, 7) is 19.4. The van der Waals surface area contributed by atoms with Gasteiger partial charge in [0.25, 0.3) is 0 Å². The fourth-order valence-electron chi connectivity index (χ4n) is 6.82. The first-order chi connectivity index (χ1) is 38.9. The highest BCUT2D eigenvalue weighted by atomic mass is 32.2. The second-order valence-electron chi connectivity index (χ2n) is 18.7. The molecule has 0 aromatic carbocycles. The van der Waals surface area contributed by atoms with Crippen LogP contribution in [0.25, 0.3) is 0 Å². The van der Waals surface area contributed by atoms with E-state index in [1.165, 1.54) is 56.1 Å². The van der Waals surface area contributed by atoms with Crippen LogP contribution in [0.2, 0.25) is 0 Å². The van der Waals surface area contributed by atoms with Crippen LogP contribution in [-0.4, -0.2) is 237 Å². The maximum Gasteiger partial charge on any atom is 0.167 e. The number of aliphatic imine (C=N–C) groups is 3. The second kappa shape index (κ2) is 36.5. The van der Waals surface area contributed by atoms with Crippen LogP contribution in [0.4, 0.5) is 17.1 Å². The lowest BCUT2D eigenvalue weighted by molar-refractivity contribution is -0.121. The number of nitrogens with zero attached hydrogens (tertiary/aromatic N) is 6. The van der Waals surface area contributed by atoms with Crippen LogP contribution in [0.3, 0.4) is 0 Å². The normalized spacial score (nSPS) is 19.1. The molecule has 24 nitrogen and oxygen atoms in total. The highest BCUT2D eigenvalue weighted by molar-refractivity contribution is 8.15. The summed E-state index contributed by atoms with van der Waals surface area (Å²) in [5.74, 6) is 1.74. The number of nitrogens with one attached hydrogen (secondary N) is 3. The summed E-state index contributed by atoms with van der Waals surface area (Å²) in [7, 11) is 4.89. The molecule has 0 radical (unpaired) electrons. The topological polar surface area (TPSA) is 307 Å². The van der Waals surface area contributed by atoms with Crippen LogP contribution in [0.1, 0.15) is 58.6 Å². The summed E-state index contributed by atoms with van der Waals surface area (Å²) in [6.07, 6.45) is 4.82. The number of rotatable bonds is 36. The monoisotopic (exact) mass is 1190 g/mol. The van der Waals surface area contributed by atoms with E-state index in [1.807, 2.05) is 0 Å². The van der Waals surface area contributed by atoms with Crippen molar-refractivity contribution in [3.05, 3.63) is 53.9 Å². The molecular weight excluding hydrogens is 1110 g/mol. The third-order valence-corrected chi connectivity index (χ3v) is 16.1. The molecule has 3 aromatic heterocycles. The van der Waals surface area contributed by atoms with Gasteiger partial charge in [-0.1, -0.05) is 0 Å². The predicted octanol–water partition coefficient (Wildman–Crippen LogP) is 5.16. The number of hydrogen-bond donors (Lipinski definition) is 6. The molecule has 0 saturated heterocycles. The zero-order chi connectivity index (χ0) is 59.1. The standard InChI is InChI=1S/3C18H27N3O5S/c3*1-13(22)18(2)12-27-17(21-18)15-16(23)14(4-5-20-15)19-6-7-25-10-11-26-9-8-24-3/h3*4-5,23H,6-12H2,1-3H3,(H,19,20)/t3*18-/m111/s1. The van der Waals surface area contributed by atoms with Crippen molar-refractivity contribution in [1.29, 1.82) is 0 Å². The average Bonchev–Trinajstić information content (AvgIpc) is 4.25. The number of Topliss-reactive ketones (excluding diaryl/α,β-unsaturated/α-hetero) is 3. The van der Waals surface area contributed by atoms with E-state index in [2.05, 4.69) is 45.9 Å². The van der Waals surface area contributed by atoms with Crippen molar-refractivity contribution < 1.29 is 72.3 Å². The number of carbonyl (C=O) groups excluding carboxylic acids is 3. The van der Waals surface area contributed by atoms with Crippen molar-refractivity contribution in [1.82, 2.24) is 15.0 Å². The highest BCUT2D eigenvalue weighted by Gasteiger charge is 2.39. The fourth-order valence-corrected chi connectivity index (χ4v) is 10.5. The fraction of sp³-hybridized carbons (Fsp3) is 0.611. The van der Waals surface area contributed by atoms with Crippen LogP contribution in [0, 0.1) is 0 Å². The van der Waals surface area contributed by atoms with Gasteiger partial charge in [0.15, 0.2) is 34.6 Å². The minimum absolute atomic E-state index is 0.00196. The Bertz CT molecular complexity index is 2280. The third kappa shape index (κ3) is 22.6. The number of aromatic hydroxyl groups is 3. The first-order valence-corrected chi connectivity index (χ1v) is 29.3. The van der Waals surface area contributed by atoms with Crippen molar-refractivity contribution in [2.45, 2.75) is 58.2 Å². The molecule has 450 valence electrons. The van der Waals surface area contributed by atoms with Crippen LogP contribution in [-0.2, 0) is 57.0 Å². The average molecular weight is 1190 g/mol. The van der Waals surface area contributed by atoms with Gasteiger partial charge in [-0.3, -0.25) is 29.4 Å². The molecule has 3 aromatic rings. The van der Waals surface area contributed by atoms with Crippen molar-refractivity contribution in [2.24, 2.45) is 15.0 Å². The van der Waals surface area contributed by atoms with Gasteiger partial charge in [-0.2, -0.15) is 0 Å². The number of hydrogen-bond acceptors (Lipinski definition) is 27. The number of ketones is 3. The molecule has 0 saturated carbocycles. The van der Waals surface area contributed by atoms with Gasteiger partial charge in [-0.25, -0.2) is 15.0 Å². The zero-order valence-corrected chi connectivity index (χ0v) is 50.4. The Labute approximate surface area is 487 Å². The lowest BCUT2D eigenvalue weighted by atomic mass is 10.0. The second-order valence-corrected chi connectivity index (χ2v) is 21.6. The van der Waals surface area contributed by atoms with E-state index in [0.717, 1.165) is 0 Å². The molecule has 6 rings (SSSR count). The minimum atomic E-state index is -0.753. The maximum atomic E-state index is 11.8. The molecule has 0 amide bonds. The van der Waals surface area contributed by atoms with E-state index in [4.69, 9.17) is 42.6 Å². The number of thioether (sulfide) groups is 3. The largest absolute Gasteiger partial charge is 0.504 e. The molecule has 0 aliphatic carbocycles. The van der Waals surface area contributed by atoms with E-state index in [9.17, 15) is 29.7 Å². The van der Waals surface area contributed by atoms with Crippen LogP contribution < -0.4 is 16.0 Å². The smallest absolute Gasteiger partial charge is 0.167 e. The quantitative estimate of drug-likeness (QED) is 0.0410. The Morgan fingerprint density at radius 2 is 0.667 bits per heavy atom. The number of pyridine rings is 3. The highest BCUT2D eigenvalue weighted by Crippen LogP contribution is 2.39. The summed E-state index contributed by atoms with van der Waals surface area (Å²) in [5.41, 5.74) is 0.579. The van der Waals surface area contributed by atoms with E-state index in [-0.39, 0.29) is 34.6 Å². The Morgan fingerprint density at radius 3 is 0.889 bits per heavy atom.